The van der Waals surface area contributed by atoms with Crippen LogP contribution in [0.2, 0.25) is 0 Å². The minimum atomic E-state index is -1.45. The standard InChI is InChI=1S/C9H12NO4.C9H16N.I3.HI.2Y/c1-8(6(11)12)4-2-3-9(10,5(4)8)7(13)14;1-8(2)6-4-5-9(3,10)7(6)8;1-3-2;;;/h3-5H,2,10H2,1H3,(H,11,12)(H,13,14);5-7H,4,10H2,1-3H3;;1H;;/q3*-1;;;. The van der Waals surface area contributed by atoms with Crippen molar-refractivity contribution < 1.29 is 98.5 Å². The van der Waals surface area contributed by atoms with Gasteiger partial charge in [-0.1, -0.05) is 26.7 Å². The molecule has 0 aliphatic heterocycles. The van der Waals surface area contributed by atoms with Crippen LogP contribution in [0.4, 0.5) is 0 Å². The second-order valence-corrected chi connectivity index (χ2v) is 25.4. The molecule has 0 aromatic rings. The van der Waals surface area contributed by atoms with E-state index in [9.17, 15) is 9.59 Å². The van der Waals surface area contributed by atoms with Gasteiger partial charge in [-0.2, -0.15) is 12.8 Å². The number of rotatable bonds is 2. The number of hydrogen-bond donors (Lipinski definition) is 4. The van der Waals surface area contributed by atoms with Gasteiger partial charge in [0.15, 0.2) is 0 Å². The maximum absolute atomic E-state index is 10.9. The molecule has 6 nitrogen and oxygen atoms in total. The zero-order chi connectivity index (χ0) is 21.0. The van der Waals surface area contributed by atoms with Gasteiger partial charge in [0.1, 0.15) is 0 Å². The molecule has 0 bridgehead atoms. The van der Waals surface area contributed by atoms with Gasteiger partial charge in [-0.15, -0.1) is 29.5 Å². The monoisotopic (exact) mass is 1020 g/mol. The first-order chi connectivity index (χ1) is 12.2. The van der Waals surface area contributed by atoms with Crippen LogP contribution in [0.3, 0.4) is 0 Å². The number of nitrogens with two attached hydrogens (primary N) is 2. The SMILES string of the molecule is CC1(C(=O)O)C2C[CH-]C(N)(C(=O)O)C21.CC1(N)[CH-]CC2C1C2(C)C.I.I[I-]I.[Y].[Y]. The zero-order valence-electron chi connectivity index (χ0n) is 17.4. The fourth-order valence-corrected chi connectivity index (χ4v) is 5.70. The molecule has 7 unspecified atom stereocenters. The molecule has 0 spiro atoms. The van der Waals surface area contributed by atoms with Gasteiger partial charge < -0.3 is 28.1 Å². The number of hydrogen-bond acceptors (Lipinski definition) is 4. The van der Waals surface area contributed by atoms with Crippen LogP contribution in [0.25, 0.3) is 0 Å². The topological polar surface area (TPSA) is 127 Å². The van der Waals surface area contributed by atoms with E-state index in [2.05, 4.69) is 64.4 Å². The first-order valence-corrected chi connectivity index (χ1v) is 21.4. The van der Waals surface area contributed by atoms with Gasteiger partial charge in [0.05, 0.1) is 5.41 Å². The summed E-state index contributed by atoms with van der Waals surface area (Å²) in [7, 11) is 0. The van der Waals surface area contributed by atoms with Gasteiger partial charge in [-0.3, -0.25) is 16.0 Å². The number of fused-ring (bicyclic) bond motifs is 2. The molecule has 2 radical (unpaired) electrons. The molecule has 12 heteroatoms. The van der Waals surface area contributed by atoms with Crippen LogP contribution in [0.15, 0.2) is 0 Å². The van der Waals surface area contributed by atoms with Crippen molar-refractivity contribution in [1.82, 2.24) is 0 Å². The Morgan fingerprint density at radius 1 is 0.933 bits per heavy atom. The van der Waals surface area contributed by atoms with Gasteiger partial charge in [-0.25, -0.2) is 0 Å². The van der Waals surface area contributed by atoms with Gasteiger partial charge in [-0.05, 0) is 35.6 Å². The first kappa shape index (κ1) is 36.1. The van der Waals surface area contributed by atoms with Crippen molar-refractivity contribution in [2.45, 2.75) is 51.6 Å². The summed E-state index contributed by atoms with van der Waals surface area (Å²) in [5, 5.41) is 17.9. The second-order valence-electron chi connectivity index (χ2n) is 9.12. The van der Waals surface area contributed by atoms with E-state index in [1.165, 1.54) is 12.8 Å². The van der Waals surface area contributed by atoms with E-state index < -0.39 is 28.8 Å². The summed E-state index contributed by atoms with van der Waals surface area (Å²) in [5.41, 5.74) is 9.95. The molecule has 0 aromatic heterocycles. The summed E-state index contributed by atoms with van der Waals surface area (Å²) < 4.78 is 0. The van der Waals surface area contributed by atoms with Crippen LogP contribution in [-0.2, 0) is 75.0 Å². The minimum Gasteiger partial charge on any atom is 0 e. The molecule has 7 atom stereocenters. The normalized spacial score (nSPS) is 42.8. The summed E-state index contributed by atoms with van der Waals surface area (Å²) in [5.74, 6) is -0.986. The number of carboxylic acid groups (broad SMARTS) is 2. The molecule has 4 aliphatic rings. The molecular formula is C18H29I4N2O4Y2-3. The van der Waals surface area contributed by atoms with Crippen LogP contribution >= 0.6 is 61.2 Å². The Balaban J connectivity index is 0. The predicted molar refractivity (Wildman–Crippen MR) is 132 cm³/mol. The van der Waals surface area contributed by atoms with Crippen molar-refractivity contribution in [2.75, 3.05) is 0 Å². The quantitative estimate of drug-likeness (QED) is 0.239. The molecule has 0 heterocycles. The number of carboxylic acids is 2. The van der Waals surface area contributed by atoms with Crippen LogP contribution in [0, 0.1) is 47.3 Å². The molecule has 0 aromatic carbocycles. The average molecular weight is 1020 g/mol. The third-order valence-electron chi connectivity index (χ3n) is 7.30. The molecule has 30 heavy (non-hydrogen) atoms. The Morgan fingerprint density at radius 3 is 1.60 bits per heavy atom. The molecule has 4 rings (SSSR count). The van der Waals surface area contributed by atoms with E-state index in [1.807, 2.05) is 0 Å². The number of aliphatic carboxylic acids is 2. The average Bonchev–Trinajstić information content (AvgIpc) is 3.14. The Labute approximate surface area is 276 Å². The Kier molecular flexibility index (Phi) is 15.6. The minimum absolute atomic E-state index is 0. The van der Waals surface area contributed by atoms with Crippen molar-refractivity contribution in [2.24, 2.45) is 46.0 Å². The van der Waals surface area contributed by atoms with Crippen LogP contribution < -0.4 is 24.7 Å². The van der Waals surface area contributed by atoms with Crippen molar-refractivity contribution in [3.05, 3.63) is 12.8 Å². The van der Waals surface area contributed by atoms with Gasteiger partial charge in [0, 0.05) is 65.4 Å². The molecule has 6 N–H and O–H groups in total. The van der Waals surface area contributed by atoms with E-state index in [0.717, 1.165) is 11.8 Å². The molecule has 0 amide bonds. The smallest absolute Gasteiger partial charge is 0 e. The van der Waals surface area contributed by atoms with Crippen molar-refractivity contribution >= 4 is 73.1 Å². The summed E-state index contributed by atoms with van der Waals surface area (Å²) in [4.78, 5) is 21.9. The molecule has 4 saturated carbocycles. The fourth-order valence-electron chi connectivity index (χ4n) is 5.70. The number of carbonyl (C=O) groups is 2. The zero-order valence-corrected chi connectivity index (χ0v) is 31.9. The Hall–Kier alpha value is 3.99. The Morgan fingerprint density at radius 2 is 1.37 bits per heavy atom. The molecule has 0 saturated heterocycles. The summed E-state index contributed by atoms with van der Waals surface area (Å²) in [6.45, 7) is 8.40. The third kappa shape index (κ3) is 6.65. The van der Waals surface area contributed by atoms with E-state index in [0.29, 0.717) is 25.1 Å². The van der Waals surface area contributed by atoms with E-state index >= 15 is 0 Å². The summed E-state index contributed by atoms with van der Waals surface area (Å²) in [6, 6.07) is 0. The second kappa shape index (κ2) is 13.0. The van der Waals surface area contributed by atoms with Crippen molar-refractivity contribution in [3.8, 4) is 0 Å². The fraction of sp³-hybridized carbons (Fsp3) is 0.778. The maximum Gasteiger partial charge on any atom is 0 e. The van der Waals surface area contributed by atoms with Crippen molar-refractivity contribution in [1.29, 1.82) is 0 Å². The van der Waals surface area contributed by atoms with E-state index in [1.54, 1.807) is 6.92 Å². The Bertz CT molecular complexity index is 643. The van der Waals surface area contributed by atoms with Crippen LogP contribution in [0.5, 0.6) is 0 Å². The largest absolute Gasteiger partial charge is 0 e. The van der Waals surface area contributed by atoms with E-state index in [-0.39, 0.29) is 101 Å². The van der Waals surface area contributed by atoms with Crippen LogP contribution in [0.1, 0.15) is 40.5 Å². The molecular weight excluding hydrogens is 994 g/mol. The first-order valence-electron chi connectivity index (χ1n) is 8.83. The van der Waals surface area contributed by atoms with Crippen molar-refractivity contribution in [3.63, 3.8) is 0 Å². The maximum atomic E-state index is 10.9. The molecule has 172 valence electrons. The third-order valence-corrected chi connectivity index (χ3v) is 7.30. The van der Waals surface area contributed by atoms with Gasteiger partial charge in [0.2, 0.25) is 0 Å². The van der Waals surface area contributed by atoms with Gasteiger partial charge in [0.25, 0.3) is 5.97 Å². The predicted octanol–water partition coefficient (Wildman–Crippen LogP) is 0.686. The molecule has 4 fully saturated rings. The summed E-state index contributed by atoms with van der Waals surface area (Å²) in [6.07, 6.45) is 5.53. The van der Waals surface area contributed by atoms with E-state index in [4.69, 9.17) is 21.7 Å². The number of halogens is 4. The van der Waals surface area contributed by atoms with Gasteiger partial charge >= 0.3 is 56.5 Å². The van der Waals surface area contributed by atoms with Crippen LogP contribution in [-0.4, -0.2) is 33.2 Å². The molecule has 4 aliphatic carbocycles. The summed E-state index contributed by atoms with van der Waals surface area (Å²) >= 11 is 5.30.